The zero-order valence-electron chi connectivity index (χ0n) is 8.63. The van der Waals surface area contributed by atoms with Gasteiger partial charge in [0.05, 0.1) is 19.3 Å². The molecule has 1 aliphatic heterocycles. The first-order valence-corrected chi connectivity index (χ1v) is 5.71. The largest absolute Gasteiger partial charge is 0.377 e. The molecule has 0 bridgehead atoms. The Bertz CT molecular complexity index is 195. The van der Waals surface area contributed by atoms with Gasteiger partial charge in [-0.05, 0) is 18.8 Å². The minimum atomic E-state index is 0.227. The van der Waals surface area contributed by atoms with E-state index in [1.807, 2.05) is 0 Å². The van der Waals surface area contributed by atoms with E-state index in [1.54, 1.807) is 0 Å². The third kappa shape index (κ3) is 2.71. The lowest BCUT2D eigenvalue weighted by Gasteiger charge is -2.28. The second kappa shape index (κ2) is 4.78. The molecule has 1 N–H and O–H groups in total. The molecule has 0 spiro atoms. The van der Waals surface area contributed by atoms with Crippen molar-refractivity contribution in [2.24, 2.45) is 5.92 Å². The lowest BCUT2D eigenvalue weighted by atomic mass is 9.87. The van der Waals surface area contributed by atoms with Gasteiger partial charge in [0.15, 0.2) is 0 Å². The van der Waals surface area contributed by atoms with Gasteiger partial charge in [-0.3, -0.25) is 4.79 Å². The van der Waals surface area contributed by atoms with E-state index in [9.17, 15) is 4.79 Å². The molecule has 0 unspecified atom stereocenters. The van der Waals surface area contributed by atoms with E-state index in [4.69, 9.17) is 4.74 Å². The van der Waals surface area contributed by atoms with Crippen molar-refractivity contribution >= 4 is 5.91 Å². The Kier molecular flexibility index (Phi) is 3.40. The molecule has 0 aromatic carbocycles. The fourth-order valence-electron chi connectivity index (χ4n) is 2.26. The molecule has 80 valence electrons. The van der Waals surface area contributed by atoms with Gasteiger partial charge in [-0.2, -0.15) is 0 Å². The third-order valence-electron chi connectivity index (χ3n) is 3.20. The smallest absolute Gasteiger partial charge is 0.220 e. The van der Waals surface area contributed by atoms with Crippen LogP contribution in [0.2, 0.25) is 0 Å². The van der Waals surface area contributed by atoms with Crippen molar-refractivity contribution in [2.75, 3.05) is 13.2 Å². The standard InChI is InChI=1S/C11H19NO2/c13-11(12-10-7-14-8-10)6-9-4-2-1-3-5-9/h9-10H,1-8H2,(H,12,13). The van der Waals surface area contributed by atoms with Crippen LogP contribution in [0, 0.1) is 5.92 Å². The van der Waals surface area contributed by atoms with E-state index < -0.39 is 0 Å². The average molecular weight is 197 g/mol. The van der Waals surface area contributed by atoms with Crippen LogP contribution in [-0.2, 0) is 9.53 Å². The van der Waals surface area contributed by atoms with Gasteiger partial charge in [0, 0.05) is 6.42 Å². The molecule has 1 amide bonds. The molecule has 3 heteroatoms. The van der Waals surface area contributed by atoms with Crippen molar-refractivity contribution < 1.29 is 9.53 Å². The van der Waals surface area contributed by atoms with Crippen LogP contribution in [-0.4, -0.2) is 25.2 Å². The highest BCUT2D eigenvalue weighted by Gasteiger charge is 2.22. The molecule has 1 saturated heterocycles. The summed E-state index contributed by atoms with van der Waals surface area (Å²) < 4.78 is 5.01. The van der Waals surface area contributed by atoms with Gasteiger partial charge in [0.2, 0.25) is 5.91 Å². The molecule has 0 aromatic heterocycles. The summed E-state index contributed by atoms with van der Waals surface area (Å²) in [5.41, 5.74) is 0. The minimum absolute atomic E-state index is 0.227. The van der Waals surface area contributed by atoms with Crippen molar-refractivity contribution in [3.63, 3.8) is 0 Å². The van der Waals surface area contributed by atoms with Gasteiger partial charge in [-0.1, -0.05) is 19.3 Å². The highest BCUT2D eigenvalue weighted by atomic mass is 16.5. The number of hydrogen-bond donors (Lipinski definition) is 1. The fourth-order valence-corrected chi connectivity index (χ4v) is 2.26. The van der Waals surface area contributed by atoms with E-state index in [2.05, 4.69) is 5.32 Å². The van der Waals surface area contributed by atoms with Gasteiger partial charge in [-0.15, -0.1) is 0 Å². The monoisotopic (exact) mass is 197 g/mol. The molecule has 0 radical (unpaired) electrons. The summed E-state index contributed by atoms with van der Waals surface area (Å²) in [6.45, 7) is 1.41. The van der Waals surface area contributed by atoms with E-state index in [-0.39, 0.29) is 5.91 Å². The van der Waals surface area contributed by atoms with Crippen molar-refractivity contribution in [2.45, 2.75) is 44.6 Å². The highest BCUT2D eigenvalue weighted by Crippen LogP contribution is 2.26. The number of ether oxygens (including phenoxy) is 1. The quantitative estimate of drug-likeness (QED) is 0.744. The first kappa shape index (κ1) is 9.97. The normalized spacial score (nSPS) is 24.3. The molecule has 3 nitrogen and oxygen atoms in total. The molecule has 1 heterocycles. The van der Waals surface area contributed by atoms with Gasteiger partial charge in [0.1, 0.15) is 0 Å². The van der Waals surface area contributed by atoms with Crippen molar-refractivity contribution in [1.82, 2.24) is 5.32 Å². The first-order chi connectivity index (χ1) is 6.84. The van der Waals surface area contributed by atoms with Crippen molar-refractivity contribution in [3.05, 3.63) is 0 Å². The Morgan fingerprint density at radius 1 is 1.21 bits per heavy atom. The predicted molar refractivity (Wildman–Crippen MR) is 53.9 cm³/mol. The number of nitrogens with one attached hydrogen (secondary N) is 1. The molecule has 14 heavy (non-hydrogen) atoms. The maximum atomic E-state index is 11.5. The molecule has 2 aliphatic rings. The Morgan fingerprint density at radius 3 is 2.50 bits per heavy atom. The average Bonchev–Trinajstić information content (AvgIpc) is 2.13. The van der Waals surface area contributed by atoms with E-state index in [0.29, 0.717) is 25.2 Å². The Labute approximate surface area is 85.2 Å². The van der Waals surface area contributed by atoms with Crippen LogP contribution in [0.1, 0.15) is 38.5 Å². The van der Waals surface area contributed by atoms with Crippen molar-refractivity contribution in [1.29, 1.82) is 0 Å². The second-order valence-corrected chi connectivity index (χ2v) is 4.51. The van der Waals surface area contributed by atoms with Crippen LogP contribution >= 0.6 is 0 Å². The topological polar surface area (TPSA) is 38.3 Å². The van der Waals surface area contributed by atoms with Gasteiger partial charge >= 0.3 is 0 Å². The van der Waals surface area contributed by atoms with Crippen LogP contribution < -0.4 is 5.32 Å². The summed E-state index contributed by atoms with van der Waals surface area (Å²) in [6.07, 6.45) is 7.20. The Balaban J connectivity index is 1.64. The molecular weight excluding hydrogens is 178 g/mol. The summed E-state index contributed by atoms with van der Waals surface area (Å²) in [5.74, 6) is 0.870. The molecule has 2 rings (SSSR count). The number of hydrogen-bond acceptors (Lipinski definition) is 2. The maximum absolute atomic E-state index is 11.5. The lowest BCUT2D eigenvalue weighted by molar-refractivity contribution is -0.126. The summed E-state index contributed by atoms with van der Waals surface area (Å²) >= 11 is 0. The van der Waals surface area contributed by atoms with Gasteiger partial charge in [-0.25, -0.2) is 0 Å². The molecule has 1 saturated carbocycles. The van der Waals surface area contributed by atoms with Crippen LogP contribution in [0.4, 0.5) is 0 Å². The first-order valence-electron chi connectivity index (χ1n) is 5.71. The molecule has 0 aromatic rings. The van der Waals surface area contributed by atoms with Crippen molar-refractivity contribution in [3.8, 4) is 0 Å². The number of amides is 1. The molecule has 1 aliphatic carbocycles. The predicted octanol–water partition coefficient (Wildman–Crippen LogP) is 1.47. The van der Waals surface area contributed by atoms with E-state index >= 15 is 0 Å². The number of carbonyl (C=O) groups excluding carboxylic acids is 1. The second-order valence-electron chi connectivity index (χ2n) is 4.51. The molecular formula is C11H19NO2. The molecule has 2 fully saturated rings. The number of rotatable bonds is 3. The minimum Gasteiger partial charge on any atom is -0.377 e. The lowest BCUT2D eigenvalue weighted by Crippen LogP contribution is -2.48. The zero-order chi connectivity index (χ0) is 9.80. The Morgan fingerprint density at radius 2 is 1.93 bits per heavy atom. The Hall–Kier alpha value is -0.570. The van der Waals surface area contributed by atoms with E-state index in [0.717, 1.165) is 6.42 Å². The van der Waals surface area contributed by atoms with Crippen LogP contribution in [0.5, 0.6) is 0 Å². The summed E-state index contributed by atoms with van der Waals surface area (Å²) in [4.78, 5) is 11.5. The summed E-state index contributed by atoms with van der Waals surface area (Å²) in [5, 5.41) is 3.00. The third-order valence-corrected chi connectivity index (χ3v) is 3.20. The zero-order valence-corrected chi connectivity index (χ0v) is 8.63. The number of carbonyl (C=O) groups is 1. The summed E-state index contributed by atoms with van der Waals surface area (Å²) in [7, 11) is 0. The SMILES string of the molecule is O=C(CC1CCCCC1)NC1COC1. The van der Waals surface area contributed by atoms with Crippen LogP contribution in [0.25, 0.3) is 0 Å². The maximum Gasteiger partial charge on any atom is 0.220 e. The highest BCUT2D eigenvalue weighted by molar-refractivity contribution is 5.76. The van der Waals surface area contributed by atoms with Crippen LogP contribution in [0.15, 0.2) is 0 Å². The molecule has 0 atom stereocenters. The fraction of sp³-hybridized carbons (Fsp3) is 0.909. The van der Waals surface area contributed by atoms with E-state index in [1.165, 1.54) is 32.1 Å². The summed E-state index contributed by atoms with van der Waals surface area (Å²) in [6, 6.07) is 0.297. The van der Waals surface area contributed by atoms with Gasteiger partial charge in [0.25, 0.3) is 0 Å². The van der Waals surface area contributed by atoms with Gasteiger partial charge < -0.3 is 10.1 Å². The van der Waals surface area contributed by atoms with Crippen LogP contribution in [0.3, 0.4) is 0 Å².